The van der Waals surface area contributed by atoms with E-state index in [0.717, 1.165) is 0 Å². The maximum Gasteiger partial charge on any atom is 0.317 e. The van der Waals surface area contributed by atoms with Gasteiger partial charge in [0, 0.05) is 31.2 Å². The Morgan fingerprint density at radius 2 is 2.17 bits per heavy atom. The highest BCUT2D eigenvalue weighted by Gasteiger charge is 2.34. The number of carbonyl (C=O) groups excluding carboxylic acids is 2. The van der Waals surface area contributed by atoms with E-state index in [2.05, 4.69) is 5.32 Å². The summed E-state index contributed by atoms with van der Waals surface area (Å²) in [5.41, 5.74) is 0.516. The van der Waals surface area contributed by atoms with Crippen molar-refractivity contribution in [3.8, 4) is 0 Å². The maximum absolute atomic E-state index is 14.1. The fraction of sp³-hybridized carbons (Fsp3) is 0.529. The van der Waals surface area contributed by atoms with Crippen LogP contribution in [0.15, 0.2) is 24.3 Å². The van der Waals surface area contributed by atoms with Gasteiger partial charge in [-0.1, -0.05) is 18.2 Å². The molecule has 3 amide bonds. The Kier molecular flexibility index (Phi) is 6.48. The zero-order valence-electron chi connectivity index (χ0n) is 14.3. The number of carbonyl (C=O) groups is 2. The molecule has 1 saturated heterocycles. The molecule has 1 heterocycles. The lowest BCUT2D eigenvalue weighted by atomic mass is 10.2. The van der Waals surface area contributed by atoms with Gasteiger partial charge in [0.25, 0.3) is 0 Å². The first-order valence-electron chi connectivity index (χ1n) is 8.15. The summed E-state index contributed by atoms with van der Waals surface area (Å²) in [6.07, 6.45) is 0. The predicted octanol–water partition coefficient (Wildman–Crippen LogP) is 2.84. The molecule has 132 valence electrons. The van der Waals surface area contributed by atoms with E-state index in [1.807, 2.05) is 20.8 Å². The van der Waals surface area contributed by atoms with Crippen LogP contribution in [-0.2, 0) is 4.79 Å². The van der Waals surface area contributed by atoms with E-state index in [1.54, 1.807) is 28.0 Å². The molecule has 24 heavy (non-hydrogen) atoms. The normalized spacial score (nSPS) is 17.5. The molecule has 0 spiro atoms. The lowest BCUT2D eigenvalue weighted by molar-refractivity contribution is -0.128. The van der Waals surface area contributed by atoms with Gasteiger partial charge in [0.05, 0.1) is 5.75 Å². The molecule has 0 saturated carbocycles. The quantitative estimate of drug-likeness (QED) is 0.856. The second-order valence-electron chi connectivity index (χ2n) is 5.89. The number of rotatable bonds is 6. The second kappa shape index (κ2) is 8.37. The zero-order valence-corrected chi connectivity index (χ0v) is 15.1. The average Bonchev–Trinajstić information content (AvgIpc) is 2.89. The Labute approximate surface area is 146 Å². The van der Waals surface area contributed by atoms with Crippen molar-refractivity contribution in [3.05, 3.63) is 35.6 Å². The molecule has 1 unspecified atom stereocenters. The van der Waals surface area contributed by atoms with Crippen molar-refractivity contribution >= 4 is 23.7 Å². The molecule has 0 bridgehead atoms. The molecule has 0 aromatic heterocycles. The third-order valence-electron chi connectivity index (χ3n) is 3.93. The first kappa shape index (κ1) is 18.6. The molecule has 1 aliphatic heterocycles. The van der Waals surface area contributed by atoms with Gasteiger partial charge in [0.15, 0.2) is 0 Å². The first-order chi connectivity index (χ1) is 11.5. The van der Waals surface area contributed by atoms with Crippen LogP contribution in [0.2, 0.25) is 0 Å². The van der Waals surface area contributed by atoms with E-state index in [4.69, 9.17) is 0 Å². The van der Waals surface area contributed by atoms with Gasteiger partial charge in [-0.25, -0.2) is 9.18 Å². The van der Waals surface area contributed by atoms with Crippen LogP contribution in [0.1, 0.15) is 31.7 Å². The van der Waals surface area contributed by atoms with Gasteiger partial charge in [-0.3, -0.25) is 4.79 Å². The molecule has 1 aromatic rings. The number of thioether (sulfide) groups is 1. The largest absolute Gasteiger partial charge is 0.338 e. The van der Waals surface area contributed by atoms with E-state index in [-0.39, 0.29) is 29.2 Å². The van der Waals surface area contributed by atoms with Gasteiger partial charge in [0.1, 0.15) is 11.2 Å². The third-order valence-corrected chi connectivity index (χ3v) is 5.17. The molecular formula is C17H24FN3O2S. The summed E-state index contributed by atoms with van der Waals surface area (Å²) in [4.78, 5) is 27.7. The topological polar surface area (TPSA) is 52.7 Å². The number of halogens is 1. The van der Waals surface area contributed by atoms with Crippen molar-refractivity contribution in [2.45, 2.75) is 32.2 Å². The molecule has 1 aliphatic rings. The van der Waals surface area contributed by atoms with Gasteiger partial charge in [-0.05, 0) is 26.8 Å². The minimum Gasteiger partial charge on any atom is -0.338 e. The monoisotopic (exact) mass is 353 g/mol. The number of hydrogen-bond acceptors (Lipinski definition) is 3. The standard InChI is InChI=1S/C17H24FN3O2S/c1-4-19-17(23)20(12(2)3)9-10-21-15(22)11-24-16(21)13-7-5-6-8-14(13)18/h5-8,12,16H,4,9-11H2,1-3H3,(H,19,23). The van der Waals surface area contributed by atoms with Crippen molar-refractivity contribution in [2.75, 3.05) is 25.4 Å². The van der Waals surface area contributed by atoms with Gasteiger partial charge in [0.2, 0.25) is 5.91 Å². The van der Waals surface area contributed by atoms with Crippen LogP contribution < -0.4 is 5.32 Å². The highest BCUT2D eigenvalue weighted by Crippen LogP contribution is 2.39. The molecule has 5 nitrogen and oxygen atoms in total. The summed E-state index contributed by atoms with van der Waals surface area (Å²) < 4.78 is 14.1. The van der Waals surface area contributed by atoms with Gasteiger partial charge in [-0.2, -0.15) is 0 Å². The van der Waals surface area contributed by atoms with Gasteiger partial charge < -0.3 is 15.1 Å². The Morgan fingerprint density at radius 1 is 1.46 bits per heavy atom. The summed E-state index contributed by atoms with van der Waals surface area (Å²) in [6.45, 7) is 7.10. The summed E-state index contributed by atoms with van der Waals surface area (Å²) in [6, 6.07) is 6.41. The summed E-state index contributed by atoms with van der Waals surface area (Å²) in [7, 11) is 0. The predicted molar refractivity (Wildman–Crippen MR) is 94.2 cm³/mol. The smallest absolute Gasteiger partial charge is 0.317 e. The molecule has 1 aromatic carbocycles. The lowest BCUT2D eigenvalue weighted by Gasteiger charge is -2.31. The number of amides is 3. The van der Waals surface area contributed by atoms with Crippen LogP contribution in [0, 0.1) is 5.82 Å². The van der Waals surface area contributed by atoms with Crippen molar-refractivity contribution in [3.63, 3.8) is 0 Å². The molecule has 1 N–H and O–H groups in total. The van der Waals surface area contributed by atoms with E-state index in [0.29, 0.717) is 31.0 Å². The first-order valence-corrected chi connectivity index (χ1v) is 9.20. The molecular weight excluding hydrogens is 329 g/mol. The maximum atomic E-state index is 14.1. The van der Waals surface area contributed by atoms with E-state index >= 15 is 0 Å². The Bertz CT molecular complexity index is 597. The Balaban J connectivity index is 2.09. The second-order valence-corrected chi connectivity index (χ2v) is 6.96. The van der Waals surface area contributed by atoms with Crippen molar-refractivity contribution in [1.82, 2.24) is 15.1 Å². The zero-order chi connectivity index (χ0) is 17.7. The highest BCUT2D eigenvalue weighted by atomic mass is 32.2. The summed E-state index contributed by atoms with van der Waals surface area (Å²) >= 11 is 1.42. The van der Waals surface area contributed by atoms with Crippen LogP contribution >= 0.6 is 11.8 Å². The molecule has 2 rings (SSSR count). The number of nitrogens with one attached hydrogen (secondary N) is 1. The number of benzene rings is 1. The fourth-order valence-corrected chi connectivity index (χ4v) is 3.93. The Hall–Kier alpha value is -1.76. The molecule has 7 heteroatoms. The third kappa shape index (κ3) is 4.20. The Morgan fingerprint density at radius 3 is 2.79 bits per heavy atom. The van der Waals surface area contributed by atoms with Crippen molar-refractivity contribution in [1.29, 1.82) is 0 Å². The van der Waals surface area contributed by atoms with E-state index in [9.17, 15) is 14.0 Å². The number of nitrogens with zero attached hydrogens (tertiary/aromatic N) is 2. The van der Waals surface area contributed by atoms with Crippen LogP contribution in [0.5, 0.6) is 0 Å². The van der Waals surface area contributed by atoms with E-state index < -0.39 is 0 Å². The highest BCUT2D eigenvalue weighted by molar-refractivity contribution is 8.00. The van der Waals surface area contributed by atoms with Crippen LogP contribution in [0.4, 0.5) is 9.18 Å². The summed E-state index contributed by atoms with van der Waals surface area (Å²) in [5, 5.41) is 2.45. The molecule has 1 atom stereocenters. The molecule has 0 aliphatic carbocycles. The SMILES string of the molecule is CCNC(=O)N(CCN1C(=O)CSC1c1ccccc1F)C(C)C. The minimum absolute atomic E-state index is 0.0205. The lowest BCUT2D eigenvalue weighted by Crippen LogP contribution is -2.47. The van der Waals surface area contributed by atoms with Gasteiger partial charge >= 0.3 is 6.03 Å². The van der Waals surface area contributed by atoms with E-state index in [1.165, 1.54) is 17.8 Å². The molecule has 0 radical (unpaired) electrons. The van der Waals surface area contributed by atoms with Crippen molar-refractivity contribution in [2.24, 2.45) is 0 Å². The fourth-order valence-electron chi connectivity index (χ4n) is 2.69. The minimum atomic E-state index is -0.332. The van der Waals surface area contributed by atoms with Crippen LogP contribution in [0.25, 0.3) is 0 Å². The summed E-state index contributed by atoms with van der Waals surface area (Å²) in [5.74, 6) is 0.00830. The van der Waals surface area contributed by atoms with Gasteiger partial charge in [-0.15, -0.1) is 11.8 Å². The van der Waals surface area contributed by atoms with Crippen molar-refractivity contribution < 1.29 is 14.0 Å². The van der Waals surface area contributed by atoms with Crippen LogP contribution in [0.3, 0.4) is 0 Å². The van der Waals surface area contributed by atoms with Crippen LogP contribution in [-0.4, -0.2) is 53.2 Å². The number of urea groups is 1. The number of hydrogen-bond donors (Lipinski definition) is 1. The molecule has 1 fully saturated rings. The average molecular weight is 353 g/mol.